The summed E-state index contributed by atoms with van der Waals surface area (Å²) in [5, 5.41) is 25.1. The first-order valence-electron chi connectivity index (χ1n) is 12.2. The molecule has 3 amide bonds. The Hall–Kier alpha value is -2.69. The average Bonchev–Trinajstić information content (AvgIpc) is 3.22. The topological polar surface area (TPSA) is 114 Å². The van der Waals surface area contributed by atoms with E-state index in [-0.39, 0.29) is 25.5 Å². The second-order valence-electron chi connectivity index (χ2n) is 9.41. The molecule has 10 heteroatoms. The van der Waals surface area contributed by atoms with Crippen LogP contribution in [0.1, 0.15) is 17.5 Å². The third kappa shape index (κ3) is 6.74. The molecule has 1 saturated heterocycles. The third-order valence-electron chi connectivity index (χ3n) is 6.66. The van der Waals surface area contributed by atoms with Gasteiger partial charge in [-0.3, -0.25) is 4.79 Å². The number of carbonyl (C=O) groups is 2. The Morgan fingerprint density at radius 1 is 1.08 bits per heavy atom. The number of nitrogens with one attached hydrogen (secondary N) is 2. The Kier molecular flexibility index (Phi) is 8.81. The number of nitrogens with zero attached hydrogens (tertiary/aromatic N) is 2. The van der Waals surface area contributed by atoms with Crippen molar-refractivity contribution in [3.63, 3.8) is 0 Å². The number of benzene rings is 2. The first-order chi connectivity index (χ1) is 17.3. The average molecular weight is 517 g/mol. The van der Waals surface area contributed by atoms with Crippen molar-refractivity contribution >= 4 is 34.9 Å². The number of aliphatic hydroxyl groups is 2. The van der Waals surface area contributed by atoms with Crippen molar-refractivity contribution in [1.82, 2.24) is 9.80 Å². The highest BCUT2D eigenvalue weighted by molar-refractivity contribution is 6.30. The molecule has 0 saturated carbocycles. The highest BCUT2D eigenvalue weighted by Crippen LogP contribution is 2.25. The number of likely N-dealkylation sites (tertiary alicyclic amines) is 1. The third-order valence-corrected chi connectivity index (χ3v) is 6.91. The maximum Gasteiger partial charge on any atom is 0.322 e. The Bertz CT molecular complexity index is 1070. The minimum absolute atomic E-state index is 0.0819. The van der Waals surface area contributed by atoms with E-state index in [1.807, 2.05) is 12.1 Å². The van der Waals surface area contributed by atoms with Crippen molar-refractivity contribution < 1.29 is 24.5 Å². The first-order valence-corrected chi connectivity index (χ1v) is 12.5. The van der Waals surface area contributed by atoms with Crippen molar-refractivity contribution in [3.05, 3.63) is 58.6 Å². The number of anilines is 2. The fraction of sp³-hybridized carbons (Fsp3) is 0.462. The van der Waals surface area contributed by atoms with Crippen LogP contribution in [0.5, 0.6) is 0 Å². The lowest BCUT2D eigenvalue weighted by atomic mass is 10.0. The van der Waals surface area contributed by atoms with Crippen LogP contribution in [0.3, 0.4) is 0 Å². The van der Waals surface area contributed by atoms with Crippen LogP contribution in [-0.2, 0) is 22.4 Å². The van der Waals surface area contributed by atoms with Gasteiger partial charge in [0.2, 0.25) is 5.91 Å². The summed E-state index contributed by atoms with van der Waals surface area (Å²) in [7, 11) is 2.11. The van der Waals surface area contributed by atoms with Crippen LogP contribution in [-0.4, -0.2) is 90.1 Å². The fourth-order valence-corrected chi connectivity index (χ4v) is 4.69. The predicted octanol–water partition coefficient (Wildman–Crippen LogP) is 2.35. The normalized spacial score (nSPS) is 20.9. The van der Waals surface area contributed by atoms with E-state index >= 15 is 0 Å². The smallest absolute Gasteiger partial charge is 0.322 e. The second kappa shape index (κ2) is 12.0. The van der Waals surface area contributed by atoms with E-state index in [4.69, 9.17) is 21.4 Å². The van der Waals surface area contributed by atoms with E-state index in [0.717, 1.165) is 25.9 Å². The minimum atomic E-state index is -1.02. The van der Waals surface area contributed by atoms with Gasteiger partial charge < -0.3 is 35.4 Å². The standard InChI is InChI=1S/C26H33ClN4O5/c1-30-10-8-17-2-5-21(12-18(17)9-11-30)28-25(34)24-13-23(36-16-22(33)15-32)14-31(24)26(35)29-20-6-3-19(27)4-7-20/h2-7,12,22-24,32-33H,8-11,13-16H2,1H3,(H,28,34)(H,29,35)/t22?,23?,24-/m1/s1. The number of rotatable bonds is 7. The van der Waals surface area contributed by atoms with Gasteiger partial charge in [0.15, 0.2) is 0 Å². The quantitative estimate of drug-likeness (QED) is 0.449. The summed E-state index contributed by atoms with van der Waals surface area (Å²) in [6.07, 6.45) is 0.680. The summed E-state index contributed by atoms with van der Waals surface area (Å²) in [5.41, 5.74) is 3.76. The minimum Gasteiger partial charge on any atom is -0.394 e. The second-order valence-corrected chi connectivity index (χ2v) is 9.85. The Balaban J connectivity index is 1.47. The molecule has 0 bridgehead atoms. The zero-order chi connectivity index (χ0) is 25.7. The molecule has 0 radical (unpaired) electrons. The number of hydrogen-bond acceptors (Lipinski definition) is 6. The van der Waals surface area contributed by atoms with Crippen LogP contribution >= 0.6 is 11.6 Å². The van der Waals surface area contributed by atoms with Crippen molar-refractivity contribution in [2.75, 3.05) is 50.5 Å². The molecular weight excluding hydrogens is 484 g/mol. The number of halogens is 1. The monoisotopic (exact) mass is 516 g/mol. The van der Waals surface area contributed by atoms with Gasteiger partial charge in [0.25, 0.3) is 0 Å². The summed E-state index contributed by atoms with van der Waals surface area (Å²) in [5.74, 6) is -0.305. The molecule has 0 spiro atoms. The van der Waals surface area contributed by atoms with Crippen LogP contribution in [0.25, 0.3) is 0 Å². The van der Waals surface area contributed by atoms with Gasteiger partial charge in [0.05, 0.1) is 19.3 Å². The van der Waals surface area contributed by atoms with Gasteiger partial charge in [-0.25, -0.2) is 4.79 Å². The van der Waals surface area contributed by atoms with Gasteiger partial charge in [-0.1, -0.05) is 17.7 Å². The Morgan fingerprint density at radius 2 is 1.78 bits per heavy atom. The molecule has 1 fully saturated rings. The number of amides is 3. The number of urea groups is 1. The van der Waals surface area contributed by atoms with Crippen LogP contribution in [0.4, 0.5) is 16.2 Å². The van der Waals surface area contributed by atoms with Crippen molar-refractivity contribution in [2.24, 2.45) is 0 Å². The molecule has 4 N–H and O–H groups in total. The number of ether oxygens (including phenoxy) is 1. The summed E-state index contributed by atoms with van der Waals surface area (Å²) in [4.78, 5) is 30.2. The largest absolute Gasteiger partial charge is 0.394 e. The number of hydrogen-bond donors (Lipinski definition) is 4. The van der Waals surface area contributed by atoms with E-state index in [1.165, 1.54) is 16.0 Å². The highest BCUT2D eigenvalue weighted by atomic mass is 35.5. The van der Waals surface area contributed by atoms with Crippen LogP contribution in [0.2, 0.25) is 5.02 Å². The van der Waals surface area contributed by atoms with Crippen LogP contribution in [0, 0.1) is 0 Å². The van der Waals surface area contributed by atoms with Crippen LogP contribution in [0.15, 0.2) is 42.5 Å². The van der Waals surface area contributed by atoms with Gasteiger partial charge in [-0.05, 0) is 67.4 Å². The fourth-order valence-electron chi connectivity index (χ4n) is 4.56. The van der Waals surface area contributed by atoms with Gasteiger partial charge in [-0.15, -0.1) is 0 Å². The van der Waals surface area contributed by atoms with Gasteiger partial charge in [-0.2, -0.15) is 0 Å². The zero-order valence-corrected chi connectivity index (χ0v) is 21.1. The molecule has 2 aliphatic heterocycles. The van der Waals surface area contributed by atoms with Crippen molar-refractivity contribution in [1.29, 1.82) is 0 Å². The summed E-state index contributed by atoms with van der Waals surface area (Å²) >= 11 is 5.94. The molecule has 2 aromatic carbocycles. The number of fused-ring (bicyclic) bond motifs is 1. The maximum atomic E-state index is 13.4. The lowest BCUT2D eigenvalue weighted by Crippen LogP contribution is -2.45. The summed E-state index contributed by atoms with van der Waals surface area (Å²) in [6.45, 7) is 1.63. The Morgan fingerprint density at radius 3 is 2.50 bits per heavy atom. The van der Waals surface area contributed by atoms with Crippen molar-refractivity contribution in [2.45, 2.75) is 37.5 Å². The summed E-state index contributed by atoms with van der Waals surface area (Å²) in [6, 6.07) is 11.5. The number of aliphatic hydroxyl groups excluding tert-OH is 2. The predicted molar refractivity (Wildman–Crippen MR) is 138 cm³/mol. The molecule has 2 unspecified atom stereocenters. The Labute approximate surface area is 216 Å². The molecule has 4 rings (SSSR count). The van der Waals surface area contributed by atoms with E-state index in [2.05, 4.69) is 28.6 Å². The molecule has 2 aromatic rings. The van der Waals surface area contributed by atoms with E-state index in [1.54, 1.807) is 24.3 Å². The SMILES string of the molecule is CN1CCc2ccc(NC(=O)[C@H]3CC(OCC(O)CO)CN3C(=O)Nc3ccc(Cl)cc3)cc2CC1. The first kappa shape index (κ1) is 26.4. The van der Waals surface area contributed by atoms with E-state index in [9.17, 15) is 14.7 Å². The highest BCUT2D eigenvalue weighted by Gasteiger charge is 2.40. The molecule has 0 aromatic heterocycles. The number of likely N-dealkylation sites (N-methyl/N-ethyl adjacent to an activating group) is 1. The molecule has 9 nitrogen and oxygen atoms in total. The molecule has 3 atom stereocenters. The van der Waals surface area contributed by atoms with E-state index < -0.39 is 30.9 Å². The van der Waals surface area contributed by atoms with Gasteiger partial charge in [0, 0.05) is 42.5 Å². The number of carbonyl (C=O) groups excluding carboxylic acids is 2. The summed E-state index contributed by atoms with van der Waals surface area (Å²) < 4.78 is 5.70. The van der Waals surface area contributed by atoms with Gasteiger partial charge >= 0.3 is 6.03 Å². The van der Waals surface area contributed by atoms with Crippen molar-refractivity contribution in [3.8, 4) is 0 Å². The molecule has 36 heavy (non-hydrogen) atoms. The molecular formula is C26H33ClN4O5. The molecule has 2 heterocycles. The lowest BCUT2D eigenvalue weighted by Gasteiger charge is -2.24. The van der Waals surface area contributed by atoms with Crippen LogP contribution < -0.4 is 10.6 Å². The zero-order valence-electron chi connectivity index (χ0n) is 20.3. The lowest BCUT2D eigenvalue weighted by molar-refractivity contribution is -0.119. The molecule has 2 aliphatic rings. The van der Waals surface area contributed by atoms with E-state index in [0.29, 0.717) is 16.4 Å². The maximum absolute atomic E-state index is 13.4. The van der Waals surface area contributed by atoms with Gasteiger partial charge in [0.1, 0.15) is 12.1 Å². The molecule has 0 aliphatic carbocycles. The molecule has 194 valence electrons.